The fourth-order valence-corrected chi connectivity index (χ4v) is 3.71. The van der Waals surface area contributed by atoms with Gasteiger partial charge in [-0.3, -0.25) is 24.7 Å². The first-order valence-corrected chi connectivity index (χ1v) is 10.3. The van der Waals surface area contributed by atoms with E-state index < -0.39 is 58.1 Å². The van der Waals surface area contributed by atoms with Crippen molar-refractivity contribution in [2.45, 2.75) is 48.2 Å². The smallest absolute Gasteiger partial charge is 0.302 e. The van der Waals surface area contributed by atoms with E-state index in [9.17, 15) is 14.4 Å². The highest BCUT2D eigenvalue weighted by atomic mass is 35.6. The maximum absolute atomic E-state index is 13.1. The molecule has 14 heteroatoms. The molecule has 1 aromatic rings. The molecule has 1 fully saturated rings. The number of carbonyl (C=O) groups excluding carboxylic acids is 3. The standard InChI is InChI=1S/C18H16Cl3N5O6/c1-7-11(24-25-23)13(31-8(2)27)12(16(30-7)32-17(22)18(19,20)21)26-14(28)9-5-3-4-6-10(9)15(26)29/h3-7,11-13,16,22H,1-2H3/t7-,11+,12-,13+,16+/m1/s1. The number of fused-ring (bicyclic) bond motifs is 1. The molecule has 1 saturated heterocycles. The third-order valence-electron chi connectivity index (χ3n) is 4.88. The average molecular weight is 505 g/mol. The van der Waals surface area contributed by atoms with E-state index in [-0.39, 0.29) is 11.1 Å². The van der Waals surface area contributed by atoms with E-state index in [1.54, 1.807) is 12.1 Å². The van der Waals surface area contributed by atoms with Crippen LogP contribution in [0.2, 0.25) is 0 Å². The van der Waals surface area contributed by atoms with Gasteiger partial charge in [-0.25, -0.2) is 0 Å². The highest BCUT2D eigenvalue weighted by Gasteiger charge is 2.56. The van der Waals surface area contributed by atoms with E-state index in [4.69, 9.17) is 60.0 Å². The second-order valence-electron chi connectivity index (χ2n) is 6.94. The van der Waals surface area contributed by atoms with Gasteiger partial charge >= 0.3 is 5.97 Å². The number of benzene rings is 1. The number of ether oxygens (including phenoxy) is 3. The Morgan fingerprint density at radius 3 is 2.25 bits per heavy atom. The first-order valence-electron chi connectivity index (χ1n) is 9.13. The molecule has 2 aliphatic rings. The second-order valence-corrected chi connectivity index (χ2v) is 9.22. The number of amides is 2. The molecule has 0 aromatic heterocycles. The maximum atomic E-state index is 13.1. The minimum Gasteiger partial charge on any atom is -0.460 e. The van der Waals surface area contributed by atoms with Crippen molar-refractivity contribution in [3.8, 4) is 0 Å². The summed E-state index contributed by atoms with van der Waals surface area (Å²) in [5.41, 5.74) is 9.21. The van der Waals surface area contributed by atoms with Crippen LogP contribution < -0.4 is 0 Å². The average Bonchev–Trinajstić information content (AvgIpc) is 2.95. The lowest BCUT2D eigenvalue weighted by molar-refractivity contribution is -0.223. The number of nitrogens with zero attached hydrogens (tertiary/aromatic N) is 4. The summed E-state index contributed by atoms with van der Waals surface area (Å²) >= 11 is 17.1. The number of azide groups is 1. The van der Waals surface area contributed by atoms with Gasteiger partial charge in [0.2, 0.25) is 12.2 Å². The first-order chi connectivity index (χ1) is 15.0. The van der Waals surface area contributed by atoms with Crippen molar-refractivity contribution >= 4 is 58.5 Å². The fourth-order valence-electron chi connectivity index (χ4n) is 3.57. The van der Waals surface area contributed by atoms with Gasteiger partial charge in [-0.2, -0.15) is 0 Å². The molecule has 1 aromatic carbocycles. The summed E-state index contributed by atoms with van der Waals surface area (Å²) < 4.78 is 14.2. The Hall–Kier alpha value is -2.56. The van der Waals surface area contributed by atoms with Gasteiger partial charge in [0.25, 0.3) is 15.6 Å². The van der Waals surface area contributed by atoms with Crippen molar-refractivity contribution in [3.05, 3.63) is 45.8 Å². The lowest BCUT2D eigenvalue weighted by Gasteiger charge is -2.46. The molecular formula is C18H16Cl3N5O6. The molecular weight excluding hydrogens is 489 g/mol. The van der Waals surface area contributed by atoms with Crippen LogP contribution in [0.3, 0.4) is 0 Å². The molecule has 2 amide bonds. The first kappa shape index (κ1) is 24.1. The molecule has 3 rings (SSSR count). The van der Waals surface area contributed by atoms with Crippen molar-refractivity contribution in [2.75, 3.05) is 0 Å². The van der Waals surface area contributed by atoms with Crippen LogP contribution in [0.25, 0.3) is 10.4 Å². The van der Waals surface area contributed by atoms with E-state index in [1.807, 2.05) is 0 Å². The van der Waals surface area contributed by atoms with Gasteiger partial charge in [0, 0.05) is 11.8 Å². The molecule has 0 bridgehead atoms. The van der Waals surface area contributed by atoms with Gasteiger partial charge in [-0.05, 0) is 24.6 Å². The Balaban J connectivity index is 2.12. The number of nitrogens with one attached hydrogen (secondary N) is 1. The summed E-state index contributed by atoms with van der Waals surface area (Å²) in [6, 6.07) is 3.45. The predicted molar refractivity (Wildman–Crippen MR) is 113 cm³/mol. The Labute approximate surface area is 196 Å². The van der Waals surface area contributed by atoms with Crippen LogP contribution in [0.1, 0.15) is 34.6 Å². The zero-order chi connectivity index (χ0) is 23.8. The van der Waals surface area contributed by atoms with Gasteiger partial charge in [0.05, 0.1) is 17.2 Å². The Bertz CT molecular complexity index is 990. The lowest BCUT2D eigenvalue weighted by atomic mass is 9.94. The molecule has 32 heavy (non-hydrogen) atoms. The number of carbonyl (C=O) groups is 3. The monoisotopic (exact) mass is 503 g/mol. The number of hydrogen-bond acceptors (Lipinski definition) is 8. The maximum Gasteiger partial charge on any atom is 0.302 e. The van der Waals surface area contributed by atoms with Gasteiger partial charge in [-0.15, -0.1) is 0 Å². The molecule has 0 aliphatic carbocycles. The van der Waals surface area contributed by atoms with E-state index >= 15 is 0 Å². The normalized spacial score (nSPS) is 27.4. The van der Waals surface area contributed by atoms with Crippen LogP contribution in [0.5, 0.6) is 0 Å². The molecule has 1 N–H and O–H groups in total. The Morgan fingerprint density at radius 1 is 1.22 bits per heavy atom. The van der Waals surface area contributed by atoms with Crippen molar-refractivity contribution < 1.29 is 28.6 Å². The topological polar surface area (TPSA) is 155 Å². The van der Waals surface area contributed by atoms with E-state index in [0.29, 0.717) is 0 Å². The molecule has 0 spiro atoms. The lowest BCUT2D eigenvalue weighted by Crippen LogP contribution is -2.65. The van der Waals surface area contributed by atoms with Gasteiger partial charge in [0.15, 0.2) is 0 Å². The number of hydrogen-bond donors (Lipinski definition) is 1. The minimum absolute atomic E-state index is 0.105. The van der Waals surface area contributed by atoms with E-state index in [1.165, 1.54) is 19.1 Å². The molecule has 2 aliphatic heterocycles. The highest BCUT2D eigenvalue weighted by molar-refractivity contribution is 6.76. The molecule has 0 radical (unpaired) electrons. The number of esters is 1. The Kier molecular flexibility index (Phi) is 6.87. The quantitative estimate of drug-likeness (QED) is 0.0968. The Morgan fingerprint density at radius 2 is 1.78 bits per heavy atom. The summed E-state index contributed by atoms with van der Waals surface area (Å²) in [5, 5.41) is 11.5. The highest BCUT2D eigenvalue weighted by Crippen LogP contribution is 2.37. The summed E-state index contributed by atoms with van der Waals surface area (Å²) in [6.07, 6.45) is -3.87. The molecule has 0 unspecified atom stereocenters. The van der Waals surface area contributed by atoms with Crippen molar-refractivity contribution in [1.29, 1.82) is 5.41 Å². The largest absolute Gasteiger partial charge is 0.460 e. The number of alkyl halides is 3. The number of imide groups is 1. The van der Waals surface area contributed by atoms with Gasteiger partial charge < -0.3 is 14.2 Å². The number of rotatable bonds is 4. The fraction of sp³-hybridized carbons (Fsp3) is 0.444. The molecule has 170 valence electrons. The predicted octanol–water partition coefficient (Wildman–Crippen LogP) is 3.37. The SMILES string of the molecule is CC(=O)O[C@H]1[C@@H](N=[N+]=[N-])[C@@H](C)O[C@@H](OC(=N)C(Cl)(Cl)Cl)[C@@H]1N1C(=O)c2ccccc2C1=O. The van der Waals surface area contributed by atoms with Gasteiger partial charge in [-0.1, -0.05) is 52.0 Å². The minimum atomic E-state index is -2.28. The molecule has 5 atom stereocenters. The van der Waals surface area contributed by atoms with Gasteiger partial charge in [0.1, 0.15) is 18.2 Å². The number of halogens is 3. The van der Waals surface area contributed by atoms with Crippen LogP contribution in [0.4, 0.5) is 0 Å². The van der Waals surface area contributed by atoms with Crippen LogP contribution in [-0.2, 0) is 19.0 Å². The second kappa shape index (κ2) is 9.13. The van der Waals surface area contributed by atoms with Crippen molar-refractivity contribution in [1.82, 2.24) is 4.90 Å². The van der Waals surface area contributed by atoms with E-state index in [2.05, 4.69) is 10.0 Å². The van der Waals surface area contributed by atoms with Crippen molar-refractivity contribution in [2.24, 2.45) is 5.11 Å². The molecule has 0 saturated carbocycles. The van der Waals surface area contributed by atoms with Crippen molar-refractivity contribution in [3.63, 3.8) is 0 Å². The summed E-state index contributed by atoms with van der Waals surface area (Å²) in [7, 11) is 0. The summed E-state index contributed by atoms with van der Waals surface area (Å²) in [4.78, 5) is 41.7. The molecule has 2 heterocycles. The summed E-state index contributed by atoms with van der Waals surface area (Å²) in [5.74, 6) is -3.08. The third-order valence-corrected chi connectivity index (χ3v) is 5.40. The van der Waals surface area contributed by atoms with Crippen LogP contribution in [-0.4, -0.2) is 63.0 Å². The third kappa shape index (κ3) is 4.48. The van der Waals surface area contributed by atoms with Crippen LogP contribution in [0, 0.1) is 5.41 Å². The zero-order valence-corrected chi connectivity index (χ0v) is 18.8. The summed E-state index contributed by atoms with van der Waals surface area (Å²) in [6.45, 7) is 2.59. The van der Waals surface area contributed by atoms with Crippen LogP contribution >= 0.6 is 34.8 Å². The van der Waals surface area contributed by atoms with Crippen LogP contribution in [0.15, 0.2) is 29.4 Å². The zero-order valence-electron chi connectivity index (χ0n) is 16.6. The van der Waals surface area contributed by atoms with E-state index in [0.717, 1.165) is 11.8 Å². The molecule has 11 nitrogen and oxygen atoms in total.